The van der Waals surface area contributed by atoms with Gasteiger partial charge < -0.3 is 14.8 Å². The zero-order valence-electron chi connectivity index (χ0n) is 14.3. The summed E-state index contributed by atoms with van der Waals surface area (Å²) >= 11 is 0. The third kappa shape index (κ3) is 5.42. The number of carbonyl (C=O) groups is 1. The molecule has 0 radical (unpaired) electrons. The van der Waals surface area contributed by atoms with Crippen molar-refractivity contribution in [1.29, 1.82) is 0 Å². The van der Waals surface area contributed by atoms with Crippen molar-refractivity contribution in [1.82, 2.24) is 4.90 Å². The number of ether oxygens (including phenoxy) is 1. The summed E-state index contributed by atoms with van der Waals surface area (Å²) in [4.78, 5) is 12.8. The first-order valence-electron chi connectivity index (χ1n) is 7.30. The van der Waals surface area contributed by atoms with Crippen molar-refractivity contribution in [3.05, 3.63) is 35.4 Å². The van der Waals surface area contributed by atoms with Crippen LogP contribution in [0.15, 0.2) is 29.4 Å². The summed E-state index contributed by atoms with van der Waals surface area (Å²) in [5, 5.41) is 11.4. The molecule has 0 bridgehead atoms. The minimum atomic E-state index is -2.60. The molecule has 0 saturated heterocycles. The summed E-state index contributed by atoms with van der Waals surface area (Å²) in [5.41, 5.74) is 0.503. The average molecular weight is 267 g/mol. The second-order valence-corrected chi connectivity index (χ2v) is 5.05. The maximum Gasteiger partial charge on any atom is 0.410 e. The third-order valence-electron chi connectivity index (χ3n) is 2.14. The molecule has 1 aromatic rings. The van der Waals surface area contributed by atoms with Gasteiger partial charge in [-0.1, -0.05) is 29.4 Å². The lowest BCUT2D eigenvalue weighted by Gasteiger charge is -2.24. The van der Waals surface area contributed by atoms with Gasteiger partial charge in [-0.2, -0.15) is 0 Å². The smallest absolute Gasteiger partial charge is 0.410 e. The van der Waals surface area contributed by atoms with Crippen molar-refractivity contribution < 1.29 is 18.9 Å². The lowest BCUT2D eigenvalue weighted by molar-refractivity contribution is 0.0285. The highest BCUT2D eigenvalue weighted by molar-refractivity contribution is 5.79. The molecule has 5 nitrogen and oxygen atoms in total. The van der Waals surface area contributed by atoms with Crippen molar-refractivity contribution in [2.45, 2.75) is 32.9 Å². The molecular weight excluding hydrogens is 244 g/mol. The first-order chi connectivity index (χ1) is 10.0. The molecule has 1 rings (SSSR count). The van der Waals surface area contributed by atoms with Crippen LogP contribution in [-0.2, 0) is 11.3 Å². The molecule has 0 saturated carbocycles. The molecule has 0 aliphatic rings. The fourth-order valence-corrected chi connectivity index (χ4v) is 1.34. The van der Waals surface area contributed by atoms with Gasteiger partial charge in [0.05, 0.1) is 6.21 Å². The molecule has 0 aliphatic heterocycles. The summed E-state index contributed by atoms with van der Waals surface area (Å²) < 4.78 is 27.6. The van der Waals surface area contributed by atoms with Crippen LogP contribution in [0, 0.1) is 0 Å². The highest BCUT2D eigenvalue weighted by Gasteiger charge is 2.19. The number of amides is 1. The largest absolute Gasteiger partial charge is 0.444 e. The number of hydrogen-bond acceptors (Lipinski definition) is 4. The molecule has 1 amide bonds. The number of benzene rings is 1. The van der Waals surface area contributed by atoms with Crippen LogP contribution in [0.3, 0.4) is 0 Å². The van der Waals surface area contributed by atoms with Crippen LogP contribution < -0.4 is 0 Å². The van der Waals surface area contributed by atoms with Gasteiger partial charge in [0.2, 0.25) is 0 Å². The van der Waals surface area contributed by atoms with Gasteiger partial charge in [0.15, 0.2) is 0 Å². The number of nitrogens with zero attached hydrogens (tertiary/aromatic N) is 2. The van der Waals surface area contributed by atoms with Crippen LogP contribution in [-0.4, -0.2) is 35.0 Å². The Balaban J connectivity index is 2.92. The van der Waals surface area contributed by atoms with Gasteiger partial charge in [0.25, 0.3) is 0 Å². The third-order valence-corrected chi connectivity index (χ3v) is 2.14. The molecule has 19 heavy (non-hydrogen) atoms. The Kier molecular flexibility index (Phi) is 3.55. The highest BCUT2D eigenvalue weighted by atomic mass is 16.6. The zero-order valence-corrected chi connectivity index (χ0v) is 11.3. The van der Waals surface area contributed by atoms with Crippen LogP contribution in [0.1, 0.15) is 36.0 Å². The summed E-state index contributed by atoms with van der Waals surface area (Å²) in [7, 11) is 0. The van der Waals surface area contributed by atoms with Crippen molar-refractivity contribution in [3.8, 4) is 0 Å². The van der Waals surface area contributed by atoms with Crippen LogP contribution >= 0.6 is 0 Å². The first-order valence-corrected chi connectivity index (χ1v) is 5.80. The van der Waals surface area contributed by atoms with Gasteiger partial charge in [-0.15, -0.1) is 0 Å². The van der Waals surface area contributed by atoms with E-state index in [2.05, 4.69) is 5.16 Å². The van der Waals surface area contributed by atoms with E-state index in [-0.39, 0.29) is 6.54 Å². The van der Waals surface area contributed by atoms with E-state index < -0.39 is 18.7 Å². The van der Waals surface area contributed by atoms with E-state index in [4.69, 9.17) is 14.1 Å². The summed E-state index contributed by atoms with van der Waals surface area (Å²) in [6.45, 7) is 2.30. The molecule has 0 aromatic heterocycles. The topological polar surface area (TPSA) is 62.1 Å². The second-order valence-electron chi connectivity index (χ2n) is 5.05. The maximum absolute atomic E-state index is 12.1. The predicted octanol–water partition coefficient (Wildman–Crippen LogP) is 2.86. The van der Waals surface area contributed by atoms with Crippen molar-refractivity contribution >= 4 is 12.3 Å². The molecule has 1 aromatic carbocycles. The highest BCUT2D eigenvalue weighted by Crippen LogP contribution is 2.11. The summed E-state index contributed by atoms with van der Waals surface area (Å²) in [6.07, 6.45) is 0.354. The Labute approximate surface area is 117 Å². The Morgan fingerprint density at radius 3 is 2.58 bits per heavy atom. The van der Waals surface area contributed by atoms with Crippen molar-refractivity contribution in [2.75, 3.05) is 6.98 Å². The summed E-state index contributed by atoms with van der Waals surface area (Å²) in [5.74, 6) is 0. The Hall–Kier alpha value is -2.04. The summed E-state index contributed by atoms with van der Waals surface area (Å²) in [6, 6.07) is 6.62. The average Bonchev–Trinajstić information content (AvgIpc) is 2.34. The molecule has 0 spiro atoms. The van der Waals surface area contributed by atoms with Crippen LogP contribution in [0.25, 0.3) is 0 Å². The standard InChI is InChI=1S/C14H20N2O3/c1-14(2,3)19-13(17)16(4)10-12-7-5-11(6-8-12)9-15-18/h5-9,18H,10H2,1-4H3/b15-9+/i4D3. The number of hydrogen-bond donors (Lipinski definition) is 1. The number of rotatable bonds is 3. The Morgan fingerprint density at radius 2 is 2.11 bits per heavy atom. The minimum Gasteiger partial charge on any atom is -0.444 e. The quantitative estimate of drug-likeness (QED) is 0.520. The predicted molar refractivity (Wildman–Crippen MR) is 73.5 cm³/mol. The zero-order chi connectivity index (χ0) is 17.0. The van der Waals surface area contributed by atoms with E-state index in [1.165, 1.54) is 6.21 Å². The van der Waals surface area contributed by atoms with E-state index >= 15 is 0 Å². The van der Waals surface area contributed by atoms with Gasteiger partial charge in [-0.25, -0.2) is 4.79 Å². The Bertz CT molecular complexity index is 534. The lowest BCUT2D eigenvalue weighted by atomic mass is 10.1. The van der Waals surface area contributed by atoms with E-state index in [0.717, 1.165) is 0 Å². The molecule has 0 heterocycles. The van der Waals surface area contributed by atoms with Crippen LogP contribution in [0.5, 0.6) is 0 Å². The van der Waals surface area contributed by atoms with E-state index in [9.17, 15) is 4.79 Å². The van der Waals surface area contributed by atoms with Gasteiger partial charge >= 0.3 is 6.09 Å². The molecule has 104 valence electrons. The number of carbonyl (C=O) groups excluding carboxylic acids is 1. The molecule has 0 atom stereocenters. The van der Waals surface area contributed by atoms with E-state index in [1.54, 1.807) is 45.0 Å². The lowest BCUT2D eigenvalue weighted by Crippen LogP contribution is -2.33. The monoisotopic (exact) mass is 267 g/mol. The van der Waals surface area contributed by atoms with E-state index in [0.29, 0.717) is 16.0 Å². The van der Waals surface area contributed by atoms with E-state index in [1.807, 2.05) is 0 Å². The fraction of sp³-hybridized carbons (Fsp3) is 0.429. The van der Waals surface area contributed by atoms with Crippen molar-refractivity contribution in [2.24, 2.45) is 5.16 Å². The van der Waals surface area contributed by atoms with Gasteiger partial charge in [-0.3, -0.25) is 0 Å². The molecule has 0 aliphatic carbocycles. The van der Waals surface area contributed by atoms with Crippen LogP contribution in [0.4, 0.5) is 4.79 Å². The van der Waals surface area contributed by atoms with Gasteiger partial charge in [-0.05, 0) is 31.9 Å². The first kappa shape index (κ1) is 10.8. The second kappa shape index (κ2) is 6.22. The molecule has 0 unspecified atom stereocenters. The minimum absolute atomic E-state index is 0.109. The molecule has 5 heteroatoms. The van der Waals surface area contributed by atoms with Gasteiger partial charge in [0.1, 0.15) is 5.60 Å². The molecule has 1 N–H and O–H groups in total. The molecule has 0 fully saturated rings. The van der Waals surface area contributed by atoms with Crippen LogP contribution in [0.2, 0.25) is 0 Å². The fourth-order valence-electron chi connectivity index (χ4n) is 1.34. The number of oxime groups is 1. The SMILES string of the molecule is [2H]C([2H])([2H])N(Cc1ccc(/C=N/O)cc1)C(=O)OC(C)(C)C. The maximum atomic E-state index is 12.1. The molecular formula is C14H20N2O3. The van der Waals surface area contributed by atoms with Gasteiger partial charge in [0, 0.05) is 17.6 Å². The van der Waals surface area contributed by atoms with Crippen molar-refractivity contribution in [3.63, 3.8) is 0 Å². The Morgan fingerprint density at radius 1 is 1.47 bits per heavy atom. The normalized spacial score (nSPS) is 14.6.